The molecule has 0 radical (unpaired) electrons. The number of rotatable bonds is 4. The molecule has 1 aliphatic rings. The maximum Gasteiger partial charge on any atom is 0.0558 e. The summed E-state index contributed by atoms with van der Waals surface area (Å²) >= 11 is 0. The summed E-state index contributed by atoms with van der Waals surface area (Å²) in [7, 11) is 2.18. The van der Waals surface area contributed by atoms with Gasteiger partial charge in [0, 0.05) is 19.1 Å². The molecular formula is C10H22N2O. The number of nitrogens with zero attached hydrogens (tertiary/aromatic N) is 2. The van der Waals surface area contributed by atoms with Gasteiger partial charge in [-0.15, -0.1) is 0 Å². The van der Waals surface area contributed by atoms with E-state index < -0.39 is 0 Å². The van der Waals surface area contributed by atoms with Crippen LogP contribution >= 0.6 is 0 Å². The Morgan fingerprint density at radius 1 is 1.54 bits per heavy atom. The van der Waals surface area contributed by atoms with E-state index in [0.29, 0.717) is 6.04 Å². The first-order valence-corrected chi connectivity index (χ1v) is 5.31. The van der Waals surface area contributed by atoms with Gasteiger partial charge in [0.2, 0.25) is 0 Å². The van der Waals surface area contributed by atoms with Crippen LogP contribution in [0.3, 0.4) is 0 Å². The van der Waals surface area contributed by atoms with Crippen LogP contribution in [0.5, 0.6) is 0 Å². The third-order valence-corrected chi connectivity index (χ3v) is 2.91. The molecule has 78 valence electrons. The van der Waals surface area contributed by atoms with Crippen LogP contribution in [0.15, 0.2) is 0 Å². The van der Waals surface area contributed by atoms with Gasteiger partial charge in [-0.05, 0) is 33.0 Å². The number of hydrogen-bond acceptors (Lipinski definition) is 3. The molecule has 1 atom stereocenters. The van der Waals surface area contributed by atoms with Crippen molar-refractivity contribution in [2.24, 2.45) is 0 Å². The van der Waals surface area contributed by atoms with Crippen molar-refractivity contribution in [1.29, 1.82) is 0 Å². The number of likely N-dealkylation sites (N-methyl/N-ethyl adjacent to an activating group) is 2. The van der Waals surface area contributed by atoms with E-state index in [-0.39, 0.29) is 6.61 Å². The Balaban J connectivity index is 2.37. The number of piperidine rings is 1. The molecule has 1 heterocycles. The van der Waals surface area contributed by atoms with Gasteiger partial charge in [0.1, 0.15) is 0 Å². The molecule has 0 bridgehead atoms. The molecule has 0 aromatic heterocycles. The molecule has 3 nitrogen and oxygen atoms in total. The lowest BCUT2D eigenvalue weighted by Gasteiger charge is -2.37. The minimum Gasteiger partial charge on any atom is -0.395 e. The Morgan fingerprint density at radius 2 is 2.31 bits per heavy atom. The molecule has 0 aliphatic carbocycles. The average Bonchev–Trinajstić information content (AvgIpc) is 2.14. The normalized spacial score (nSPS) is 25.4. The maximum absolute atomic E-state index is 8.91. The Hall–Kier alpha value is -0.120. The van der Waals surface area contributed by atoms with Gasteiger partial charge in [-0.1, -0.05) is 6.92 Å². The Kier molecular flexibility index (Phi) is 4.70. The van der Waals surface area contributed by atoms with Gasteiger partial charge in [-0.2, -0.15) is 0 Å². The number of aliphatic hydroxyl groups excluding tert-OH is 1. The monoisotopic (exact) mass is 186 g/mol. The Labute approximate surface area is 81.3 Å². The molecule has 3 heteroatoms. The molecule has 0 aromatic rings. The first-order chi connectivity index (χ1) is 6.27. The zero-order chi connectivity index (χ0) is 9.68. The van der Waals surface area contributed by atoms with Crippen molar-refractivity contribution in [3.05, 3.63) is 0 Å². The summed E-state index contributed by atoms with van der Waals surface area (Å²) < 4.78 is 0. The third-order valence-electron chi connectivity index (χ3n) is 2.91. The van der Waals surface area contributed by atoms with Crippen LogP contribution in [0.25, 0.3) is 0 Å². The van der Waals surface area contributed by atoms with Crippen LogP contribution < -0.4 is 0 Å². The third kappa shape index (κ3) is 3.25. The fraction of sp³-hybridized carbons (Fsp3) is 1.00. The second-order valence-corrected chi connectivity index (χ2v) is 3.91. The molecule has 1 aliphatic heterocycles. The highest BCUT2D eigenvalue weighted by Gasteiger charge is 2.21. The topological polar surface area (TPSA) is 26.7 Å². The second kappa shape index (κ2) is 5.58. The summed E-state index contributed by atoms with van der Waals surface area (Å²) in [6.07, 6.45) is 2.58. The van der Waals surface area contributed by atoms with E-state index in [0.717, 1.165) is 19.6 Å². The number of aliphatic hydroxyl groups is 1. The molecule has 0 amide bonds. The molecule has 1 saturated heterocycles. The van der Waals surface area contributed by atoms with Crippen molar-refractivity contribution < 1.29 is 5.11 Å². The van der Waals surface area contributed by atoms with Crippen LogP contribution in [0.1, 0.15) is 19.8 Å². The molecule has 13 heavy (non-hydrogen) atoms. The van der Waals surface area contributed by atoms with Crippen molar-refractivity contribution >= 4 is 0 Å². The Morgan fingerprint density at radius 3 is 2.85 bits per heavy atom. The van der Waals surface area contributed by atoms with Crippen molar-refractivity contribution in [3.8, 4) is 0 Å². The average molecular weight is 186 g/mol. The molecular weight excluding hydrogens is 164 g/mol. The highest BCUT2D eigenvalue weighted by Crippen LogP contribution is 2.13. The van der Waals surface area contributed by atoms with Gasteiger partial charge in [-0.3, -0.25) is 4.90 Å². The fourth-order valence-corrected chi connectivity index (χ4v) is 2.16. The van der Waals surface area contributed by atoms with Gasteiger partial charge >= 0.3 is 0 Å². The van der Waals surface area contributed by atoms with E-state index >= 15 is 0 Å². The Bertz CT molecular complexity index is 141. The van der Waals surface area contributed by atoms with Crippen LogP contribution in [0.2, 0.25) is 0 Å². The van der Waals surface area contributed by atoms with E-state index in [1.807, 2.05) is 0 Å². The van der Waals surface area contributed by atoms with Gasteiger partial charge in [0.25, 0.3) is 0 Å². The first kappa shape index (κ1) is 11.0. The maximum atomic E-state index is 8.91. The smallest absolute Gasteiger partial charge is 0.0558 e. The predicted octanol–water partition coefficient (Wildman–Crippen LogP) is 0.395. The van der Waals surface area contributed by atoms with Gasteiger partial charge in [-0.25, -0.2) is 0 Å². The summed E-state index contributed by atoms with van der Waals surface area (Å²) in [5.41, 5.74) is 0. The molecule has 1 unspecified atom stereocenters. The van der Waals surface area contributed by atoms with Crippen molar-refractivity contribution in [1.82, 2.24) is 9.80 Å². The largest absolute Gasteiger partial charge is 0.395 e. The van der Waals surface area contributed by atoms with E-state index in [2.05, 4.69) is 23.8 Å². The van der Waals surface area contributed by atoms with Crippen molar-refractivity contribution in [3.63, 3.8) is 0 Å². The highest BCUT2D eigenvalue weighted by molar-refractivity contribution is 4.78. The van der Waals surface area contributed by atoms with Gasteiger partial charge in [0.05, 0.1) is 6.61 Å². The van der Waals surface area contributed by atoms with Crippen LogP contribution in [-0.2, 0) is 0 Å². The molecule has 0 saturated carbocycles. The minimum absolute atomic E-state index is 0.286. The standard InChI is InChI=1S/C10H22N2O/c1-3-12(7-8-13)10-5-4-6-11(2)9-10/h10,13H,3-9H2,1-2H3. The lowest BCUT2D eigenvalue weighted by atomic mass is 10.0. The summed E-state index contributed by atoms with van der Waals surface area (Å²) in [5.74, 6) is 0. The van der Waals surface area contributed by atoms with Crippen LogP contribution in [0, 0.1) is 0 Å². The zero-order valence-corrected chi connectivity index (χ0v) is 8.87. The van der Waals surface area contributed by atoms with Gasteiger partial charge < -0.3 is 10.0 Å². The molecule has 0 spiro atoms. The van der Waals surface area contributed by atoms with Crippen LogP contribution in [0.4, 0.5) is 0 Å². The van der Waals surface area contributed by atoms with Crippen molar-refractivity contribution in [2.75, 3.05) is 39.8 Å². The van der Waals surface area contributed by atoms with E-state index in [4.69, 9.17) is 5.11 Å². The van der Waals surface area contributed by atoms with E-state index in [1.54, 1.807) is 0 Å². The number of hydrogen-bond donors (Lipinski definition) is 1. The zero-order valence-electron chi connectivity index (χ0n) is 8.87. The van der Waals surface area contributed by atoms with E-state index in [9.17, 15) is 0 Å². The fourth-order valence-electron chi connectivity index (χ4n) is 2.16. The molecule has 1 N–H and O–H groups in total. The van der Waals surface area contributed by atoms with Crippen molar-refractivity contribution in [2.45, 2.75) is 25.8 Å². The highest BCUT2D eigenvalue weighted by atomic mass is 16.3. The molecule has 1 rings (SSSR count). The summed E-state index contributed by atoms with van der Waals surface area (Å²) in [6, 6.07) is 0.663. The quantitative estimate of drug-likeness (QED) is 0.688. The first-order valence-electron chi connectivity index (χ1n) is 5.31. The van der Waals surface area contributed by atoms with Crippen LogP contribution in [-0.4, -0.2) is 60.8 Å². The lowest BCUT2D eigenvalue weighted by molar-refractivity contribution is 0.0975. The summed E-state index contributed by atoms with van der Waals surface area (Å²) in [4.78, 5) is 4.77. The summed E-state index contributed by atoms with van der Waals surface area (Å²) in [6.45, 7) is 6.73. The minimum atomic E-state index is 0.286. The second-order valence-electron chi connectivity index (χ2n) is 3.91. The SMILES string of the molecule is CCN(CCO)C1CCCN(C)C1. The summed E-state index contributed by atoms with van der Waals surface area (Å²) in [5, 5.41) is 8.91. The molecule has 0 aromatic carbocycles. The number of likely N-dealkylation sites (tertiary alicyclic amines) is 1. The van der Waals surface area contributed by atoms with Gasteiger partial charge in [0.15, 0.2) is 0 Å². The molecule has 1 fully saturated rings. The van der Waals surface area contributed by atoms with E-state index in [1.165, 1.54) is 19.4 Å². The predicted molar refractivity (Wildman–Crippen MR) is 54.9 cm³/mol. The lowest BCUT2D eigenvalue weighted by Crippen LogP contribution is -2.47.